The number of benzene rings is 3. The Labute approximate surface area is 262 Å². The Morgan fingerprint density at radius 1 is 0.905 bits per heavy atom. The van der Waals surface area contributed by atoms with E-state index in [0.717, 1.165) is 42.0 Å². The first-order chi connectivity index (χ1) is 20.0. The molecule has 0 heterocycles. The molecule has 3 aromatic carbocycles. The molecule has 0 aliphatic heterocycles. The van der Waals surface area contributed by atoms with Crippen molar-refractivity contribution in [3.05, 3.63) is 92.9 Å². The molecule has 1 aliphatic rings. The summed E-state index contributed by atoms with van der Waals surface area (Å²) in [5.41, 5.74) is 1.55. The Morgan fingerprint density at radius 2 is 1.55 bits per heavy atom. The number of carbonyl (C=O) groups excluding carboxylic acids is 2. The van der Waals surface area contributed by atoms with Crippen LogP contribution in [0.5, 0.6) is 0 Å². The van der Waals surface area contributed by atoms with Gasteiger partial charge in [-0.05, 0) is 62.6 Å². The zero-order valence-electron chi connectivity index (χ0n) is 23.5. The Balaban J connectivity index is 1.72. The van der Waals surface area contributed by atoms with E-state index in [0.29, 0.717) is 10.6 Å². The van der Waals surface area contributed by atoms with Gasteiger partial charge >= 0.3 is 0 Å². The number of sulfonamides is 1. The molecule has 3 aromatic rings. The van der Waals surface area contributed by atoms with Gasteiger partial charge in [-0.25, -0.2) is 8.42 Å². The second kappa shape index (κ2) is 14.1. The van der Waals surface area contributed by atoms with Crippen LogP contribution in [0.4, 0.5) is 5.69 Å². The predicted octanol–water partition coefficient (Wildman–Crippen LogP) is 7.02. The molecule has 0 saturated heterocycles. The lowest BCUT2D eigenvalue weighted by Crippen LogP contribution is -2.53. The third-order valence-corrected chi connectivity index (χ3v) is 10.5. The maximum atomic E-state index is 14.1. The molecule has 42 heavy (non-hydrogen) atoms. The minimum atomic E-state index is -4.27. The highest BCUT2D eigenvalue weighted by molar-refractivity contribution is 7.92. The van der Waals surface area contributed by atoms with Crippen LogP contribution in [0.15, 0.2) is 71.6 Å². The first-order valence-corrected chi connectivity index (χ1v) is 16.4. The van der Waals surface area contributed by atoms with Gasteiger partial charge < -0.3 is 10.2 Å². The standard InChI is InChI=1S/C31H34Cl3N3O4S/c1-21-15-17-25(18-16-21)42(40,41)37(28-14-8-13-27(33)30(28)34)20-29(38)36(19-23-9-6-7-12-26(23)32)22(2)31(39)35-24-10-4-3-5-11-24/h6-9,12-18,22,24H,3-5,10-11,19-20H2,1-2H3,(H,35,39). The molecular weight excluding hydrogens is 617 g/mol. The summed E-state index contributed by atoms with van der Waals surface area (Å²) in [6.45, 7) is 2.86. The third-order valence-electron chi connectivity index (χ3n) is 7.51. The SMILES string of the molecule is Cc1ccc(S(=O)(=O)N(CC(=O)N(Cc2ccccc2Cl)C(C)C(=O)NC2CCCCC2)c2cccc(Cl)c2Cl)cc1. The largest absolute Gasteiger partial charge is 0.352 e. The molecule has 224 valence electrons. The molecule has 1 unspecified atom stereocenters. The van der Waals surface area contributed by atoms with Crippen molar-refractivity contribution in [2.45, 2.75) is 69.5 Å². The van der Waals surface area contributed by atoms with Crippen molar-refractivity contribution >= 4 is 62.3 Å². The van der Waals surface area contributed by atoms with E-state index in [2.05, 4.69) is 5.32 Å². The van der Waals surface area contributed by atoms with E-state index < -0.39 is 28.5 Å². The van der Waals surface area contributed by atoms with E-state index in [4.69, 9.17) is 34.8 Å². The van der Waals surface area contributed by atoms with Gasteiger partial charge in [0.1, 0.15) is 12.6 Å². The number of amides is 2. The van der Waals surface area contributed by atoms with Crippen molar-refractivity contribution in [1.82, 2.24) is 10.2 Å². The van der Waals surface area contributed by atoms with Crippen LogP contribution in [0.1, 0.15) is 50.2 Å². The van der Waals surface area contributed by atoms with Crippen LogP contribution >= 0.6 is 34.8 Å². The normalized spacial score (nSPS) is 14.7. The summed E-state index contributed by atoms with van der Waals surface area (Å²) in [7, 11) is -4.27. The third kappa shape index (κ3) is 7.59. The fourth-order valence-electron chi connectivity index (χ4n) is 5.00. The molecule has 1 atom stereocenters. The lowest BCUT2D eigenvalue weighted by molar-refractivity contribution is -0.139. The van der Waals surface area contributed by atoms with Crippen molar-refractivity contribution in [2.24, 2.45) is 0 Å². The number of aryl methyl sites for hydroxylation is 1. The van der Waals surface area contributed by atoms with E-state index >= 15 is 0 Å². The summed E-state index contributed by atoms with van der Waals surface area (Å²) in [5, 5.41) is 3.64. The van der Waals surface area contributed by atoms with Gasteiger partial charge in [0, 0.05) is 17.6 Å². The molecule has 4 rings (SSSR count). The first kappa shape index (κ1) is 32.1. The van der Waals surface area contributed by atoms with Crippen LogP contribution in [-0.2, 0) is 26.2 Å². The number of hydrogen-bond donors (Lipinski definition) is 1. The monoisotopic (exact) mass is 649 g/mol. The lowest BCUT2D eigenvalue weighted by atomic mass is 9.95. The van der Waals surface area contributed by atoms with Crippen LogP contribution in [0.3, 0.4) is 0 Å². The Morgan fingerprint density at radius 3 is 2.21 bits per heavy atom. The zero-order chi connectivity index (χ0) is 30.4. The van der Waals surface area contributed by atoms with Gasteiger partial charge in [-0.15, -0.1) is 0 Å². The van der Waals surface area contributed by atoms with Crippen LogP contribution in [0.2, 0.25) is 15.1 Å². The summed E-state index contributed by atoms with van der Waals surface area (Å²) in [5.74, 6) is -0.913. The highest BCUT2D eigenvalue weighted by Crippen LogP contribution is 2.35. The average Bonchev–Trinajstić information content (AvgIpc) is 2.97. The highest BCUT2D eigenvalue weighted by Gasteiger charge is 2.34. The number of halogens is 3. The molecule has 1 fully saturated rings. The fourth-order valence-corrected chi connectivity index (χ4v) is 7.07. The van der Waals surface area contributed by atoms with Crippen molar-refractivity contribution in [2.75, 3.05) is 10.8 Å². The van der Waals surface area contributed by atoms with Crippen LogP contribution in [0, 0.1) is 6.92 Å². The van der Waals surface area contributed by atoms with E-state index in [-0.39, 0.29) is 39.1 Å². The van der Waals surface area contributed by atoms with E-state index in [1.54, 1.807) is 49.4 Å². The summed E-state index contributed by atoms with van der Waals surface area (Å²) in [4.78, 5) is 28.9. The van der Waals surface area contributed by atoms with Crippen LogP contribution in [-0.4, -0.2) is 43.8 Å². The zero-order valence-corrected chi connectivity index (χ0v) is 26.6. The molecule has 0 radical (unpaired) electrons. The molecule has 0 bridgehead atoms. The number of hydrogen-bond acceptors (Lipinski definition) is 4. The van der Waals surface area contributed by atoms with Crippen molar-refractivity contribution in [3.8, 4) is 0 Å². The number of anilines is 1. The molecule has 1 aliphatic carbocycles. The molecule has 0 aromatic heterocycles. The Hall–Kier alpha value is -2.78. The predicted molar refractivity (Wildman–Crippen MR) is 169 cm³/mol. The number of nitrogens with zero attached hydrogens (tertiary/aromatic N) is 2. The Kier molecular flexibility index (Phi) is 10.8. The summed E-state index contributed by atoms with van der Waals surface area (Å²) >= 11 is 19.2. The molecule has 1 saturated carbocycles. The number of nitrogens with one attached hydrogen (secondary N) is 1. The van der Waals surface area contributed by atoms with Crippen LogP contribution in [0.25, 0.3) is 0 Å². The molecule has 1 N–H and O–H groups in total. The first-order valence-electron chi connectivity index (χ1n) is 13.9. The quantitative estimate of drug-likeness (QED) is 0.256. The molecular formula is C31H34Cl3N3O4S. The highest BCUT2D eigenvalue weighted by atomic mass is 35.5. The smallest absolute Gasteiger partial charge is 0.264 e. The lowest BCUT2D eigenvalue weighted by Gasteiger charge is -2.33. The summed E-state index contributed by atoms with van der Waals surface area (Å²) in [6, 6.07) is 17.0. The van der Waals surface area contributed by atoms with E-state index in [9.17, 15) is 18.0 Å². The van der Waals surface area contributed by atoms with Crippen molar-refractivity contribution in [1.29, 1.82) is 0 Å². The number of rotatable bonds is 10. The molecule has 11 heteroatoms. The minimum Gasteiger partial charge on any atom is -0.352 e. The maximum absolute atomic E-state index is 14.1. The minimum absolute atomic E-state index is 0.000538. The van der Waals surface area contributed by atoms with Gasteiger partial charge in [-0.2, -0.15) is 0 Å². The second-order valence-corrected chi connectivity index (χ2v) is 13.6. The van der Waals surface area contributed by atoms with E-state index in [1.165, 1.54) is 29.2 Å². The van der Waals surface area contributed by atoms with Gasteiger partial charge in [0.15, 0.2) is 0 Å². The van der Waals surface area contributed by atoms with Crippen molar-refractivity contribution in [3.63, 3.8) is 0 Å². The molecule has 0 spiro atoms. The van der Waals surface area contributed by atoms with Crippen LogP contribution < -0.4 is 9.62 Å². The van der Waals surface area contributed by atoms with E-state index in [1.807, 2.05) is 6.92 Å². The summed E-state index contributed by atoms with van der Waals surface area (Å²) in [6.07, 6.45) is 4.97. The maximum Gasteiger partial charge on any atom is 0.264 e. The van der Waals surface area contributed by atoms with Gasteiger partial charge in [-0.3, -0.25) is 13.9 Å². The van der Waals surface area contributed by atoms with Crippen molar-refractivity contribution < 1.29 is 18.0 Å². The average molecular weight is 651 g/mol. The molecule has 2 amide bonds. The number of carbonyl (C=O) groups is 2. The molecule has 7 nitrogen and oxygen atoms in total. The van der Waals surface area contributed by atoms with Gasteiger partial charge in [0.25, 0.3) is 10.0 Å². The fraction of sp³-hybridized carbons (Fsp3) is 0.355. The Bertz CT molecular complexity index is 1530. The summed E-state index contributed by atoms with van der Waals surface area (Å²) < 4.78 is 28.9. The topological polar surface area (TPSA) is 86.8 Å². The van der Waals surface area contributed by atoms with Gasteiger partial charge in [-0.1, -0.05) is 96.0 Å². The van der Waals surface area contributed by atoms with Gasteiger partial charge in [0.05, 0.1) is 20.6 Å². The van der Waals surface area contributed by atoms with Gasteiger partial charge in [0.2, 0.25) is 11.8 Å². The second-order valence-electron chi connectivity index (χ2n) is 10.5.